The van der Waals surface area contributed by atoms with Crippen molar-refractivity contribution in [2.45, 2.75) is 245 Å². The molecular weight excluding hydrogens is 1730 g/mol. The molecule has 136 heavy (non-hydrogen) atoms. The first-order valence-electron chi connectivity index (χ1n) is 47.1. The van der Waals surface area contributed by atoms with Gasteiger partial charge in [0.05, 0.1) is 19.1 Å². The fourth-order valence-corrected chi connectivity index (χ4v) is 16.8. The van der Waals surface area contributed by atoms with Crippen molar-refractivity contribution in [3.63, 3.8) is 0 Å². The van der Waals surface area contributed by atoms with Gasteiger partial charge in [-0.15, -0.1) is 0 Å². The fourth-order valence-electron chi connectivity index (χ4n) is 16.8. The lowest BCUT2D eigenvalue weighted by Crippen LogP contribution is -2.63. The van der Waals surface area contributed by atoms with Gasteiger partial charge in [-0.05, 0) is 136 Å². The predicted molar refractivity (Wildman–Crippen MR) is 520 cm³/mol. The molecule has 0 spiro atoms. The lowest BCUT2D eigenvalue weighted by Gasteiger charge is -2.41. The molecule has 0 unspecified atom stereocenters. The molecule has 732 valence electrons. The Labute approximate surface area is 801 Å². The van der Waals surface area contributed by atoms with Gasteiger partial charge in [-0.3, -0.25) is 62.3 Å². The van der Waals surface area contributed by atoms with E-state index in [2.05, 4.69) is 37.2 Å². The lowest BCUT2D eigenvalue weighted by atomic mass is 9.79. The molecule has 0 radical (unpaired) electrons. The molecule has 8 rings (SSSR count). The second kappa shape index (κ2) is 51.5. The molecule has 7 aromatic carbocycles. The van der Waals surface area contributed by atoms with Crippen LogP contribution < -0.4 is 37.2 Å². The summed E-state index contributed by atoms with van der Waals surface area (Å²) in [6.45, 7) is 24.0. The first-order valence-corrected chi connectivity index (χ1v) is 47.1. The van der Waals surface area contributed by atoms with Crippen LogP contribution in [-0.4, -0.2) is 245 Å². The quantitative estimate of drug-likeness (QED) is 0.0138. The normalized spacial score (nSPS) is 14.9. The number of amides is 13. The van der Waals surface area contributed by atoms with Gasteiger partial charge in [0.1, 0.15) is 84.3 Å². The SMILES string of the molecule is CC(C)C[C@@H](C(=O)N(C)[C@H](C(=O)N[C@@H](Cc1ccccc1)C(=O)N[C@@H](CC(=O)OCc1ccccc1)C(=O)N(C)[C@@H](Cc1ccccc1)C(=O)N[C@@H](C)C(=O)N1CCCCC1)C(C)C)N(C)C(=O)CNC(=O)[C@H](Cc1ccccc1)N(C)C(=O)[C@@H](NC(=O)[C@H](CC(C)C)N(C)C(=O)[C@@H](NC(=O)[C@H](C)NC(=O)OC(C)(C)C)C(C)C)[C@@H](C)OC(c1ccccc1)(c1ccccc1)c1ccccc1. The number of likely N-dealkylation sites (N-methyl/N-ethyl adjacent to an activating group) is 5. The second-order valence-corrected chi connectivity index (χ2v) is 37.9. The molecule has 0 aromatic heterocycles. The van der Waals surface area contributed by atoms with E-state index in [-0.39, 0.29) is 56.5 Å². The number of rotatable bonds is 46. The molecule has 1 saturated heterocycles. The summed E-state index contributed by atoms with van der Waals surface area (Å²) in [6, 6.07) is 48.2. The number of ether oxygens (including phenoxy) is 3. The van der Waals surface area contributed by atoms with Crippen LogP contribution >= 0.6 is 0 Å². The summed E-state index contributed by atoms with van der Waals surface area (Å²) in [4.78, 5) is 217. The zero-order chi connectivity index (χ0) is 99.8. The zero-order valence-electron chi connectivity index (χ0n) is 82.3. The van der Waals surface area contributed by atoms with Crippen molar-refractivity contribution >= 4 is 82.9 Å². The number of carbonyl (C=O) groups is 14. The molecule has 7 N–H and O–H groups in total. The van der Waals surface area contributed by atoms with Crippen molar-refractivity contribution in [3.05, 3.63) is 251 Å². The van der Waals surface area contributed by atoms with Gasteiger partial charge in [0.15, 0.2) is 0 Å². The summed E-state index contributed by atoms with van der Waals surface area (Å²) in [5.41, 5.74) is 2.00. The molecule has 30 heteroatoms. The van der Waals surface area contributed by atoms with E-state index in [0.717, 1.165) is 24.2 Å². The molecule has 12 atom stereocenters. The maximum atomic E-state index is 16.5. The lowest BCUT2D eigenvalue weighted by molar-refractivity contribution is -0.151. The van der Waals surface area contributed by atoms with Crippen molar-refractivity contribution in [1.29, 1.82) is 0 Å². The van der Waals surface area contributed by atoms with E-state index in [9.17, 15) is 24.0 Å². The highest BCUT2D eigenvalue weighted by Gasteiger charge is 2.47. The third-order valence-corrected chi connectivity index (χ3v) is 24.3. The molecule has 7 aromatic rings. The molecule has 0 saturated carbocycles. The average molecular weight is 1870 g/mol. The predicted octanol–water partition coefficient (Wildman–Crippen LogP) is 10.3. The Hall–Kier alpha value is -13.1. The summed E-state index contributed by atoms with van der Waals surface area (Å²) >= 11 is 0. The maximum Gasteiger partial charge on any atom is 0.408 e. The highest BCUT2D eigenvalue weighted by molar-refractivity contribution is 6.00. The highest BCUT2D eigenvalue weighted by atomic mass is 16.6. The molecule has 1 aliphatic heterocycles. The van der Waals surface area contributed by atoms with Crippen LogP contribution in [0.4, 0.5) is 4.79 Å². The van der Waals surface area contributed by atoms with Crippen LogP contribution in [0.3, 0.4) is 0 Å². The summed E-state index contributed by atoms with van der Waals surface area (Å²) in [6.07, 6.45) is -0.614. The van der Waals surface area contributed by atoms with Gasteiger partial charge in [-0.25, -0.2) is 4.79 Å². The van der Waals surface area contributed by atoms with E-state index < -0.39 is 186 Å². The van der Waals surface area contributed by atoms with E-state index in [1.807, 2.05) is 119 Å². The largest absolute Gasteiger partial charge is 0.461 e. The van der Waals surface area contributed by atoms with E-state index >= 15 is 43.2 Å². The van der Waals surface area contributed by atoms with Gasteiger partial charge in [0.2, 0.25) is 70.9 Å². The molecule has 30 nitrogen and oxygen atoms in total. The Balaban J connectivity index is 1.09. The molecule has 1 fully saturated rings. The van der Waals surface area contributed by atoms with Gasteiger partial charge < -0.3 is 80.8 Å². The number of nitrogens with zero attached hydrogens (tertiary/aromatic N) is 6. The number of hydrogen-bond donors (Lipinski definition) is 7. The van der Waals surface area contributed by atoms with E-state index in [4.69, 9.17) is 14.2 Å². The smallest absolute Gasteiger partial charge is 0.408 e. The number of benzene rings is 7. The number of piperidine rings is 1. The van der Waals surface area contributed by atoms with E-state index in [1.54, 1.807) is 189 Å². The standard InChI is InChI=1S/C106H141N13O17/c1-68(2)60-84(116(17)102(131)90(70(5)6)112-93(122)72(9)109-104(133)136-105(12,13)14)97(126)113-91(74(11)135-106(79-52-36-24-37-53-79,80-54-38-25-39-55-80)81-56-40-26-41-57-81)103(132)117(18)85(63-76-46-30-21-31-47-76)95(124)107-66-88(120)114(15)87(61-69(3)4)101(130)118(19)92(71(7)8)98(127)110-82(62-75-44-28-20-29-45-75)94(123)111-83(65-89(121)134-67-78-50-34-23-35-51-78)100(129)115(16)86(64-77-48-32-22-33-49-77)96(125)108-73(10)99(128)119-58-42-27-43-59-119/h20-26,28-41,44-57,68-74,82-87,90-92H,27,42-43,58-67H2,1-19H3,(H,107,124)(H,108,125)(H,109,133)(H,110,127)(H,111,123)(H,112,122)(H,113,126)/t72-,73-,74+,82-,83-,84-,85-,86-,87-,90-,91-,92-/m0/s1. The zero-order valence-corrected chi connectivity index (χ0v) is 82.3. The molecular formula is C106H141N13O17. The maximum absolute atomic E-state index is 16.5. The van der Waals surface area contributed by atoms with Crippen LogP contribution in [0.1, 0.15) is 174 Å². The Kier molecular flexibility index (Phi) is 41.0. The number of hydrogen-bond acceptors (Lipinski definition) is 17. The summed E-state index contributed by atoms with van der Waals surface area (Å²) in [5.74, 6) is -11.5. The number of carbonyl (C=O) groups excluding carboxylic acids is 14. The van der Waals surface area contributed by atoms with Crippen LogP contribution in [0.15, 0.2) is 212 Å². The monoisotopic (exact) mass is 1870 g/mol. The van der Waals surface area contributed by atoms with Crippen molar-refractivity contribution < 1.29 is 81.3 Å². The van der Waals surface area contributed by atoms with E-state index in [0.29, 0.717) is 52.0 Å². The van der Waals surface area contributed by atoms with Crippen molar-refractivity contribution in [2.24, 2.45) is 23.7 Å². The summed E-state index contributed by atoms with van der Waals surface area (Å²) in [7, 11) is 7.00. The number of nitrogens with one attached hydrogen (secondary N) is 7. The fraction of sp³-hybridized carbons (Fsp3) is 0.472. The van der Waals surface area contributed by atoms with Crippen molar-refractivity contribution in [3.8, 4) is 0 Å². The Morgan fingerprint density at radius 2 is 0.787 bits per heavy atom. The molecule has 13 amide bonds. The van der Waals surface area contributed by atoms with Gasteiger partial charge in [-0.2, -0.15) is 0 Å². The molecule has 1 aliphatic rings. The average Bonchev–Trinajstić information content (AvgIpc) is 0.747. The third-order valence-electron chi connectivity index (χ3n) is 24.3. The van der Waals surface area contributed by atoms with Crippen LogP contribution in [0, 0.1) is 23.7 Å². The summed E-state index contributed by atoms with van der Waals surface area (Å²) < 4.78 is 18.7. The van der Waals surface area contributed by atoms with Crippen LogP contribution in [0.2, 0.25) is 0 Å². The topological polar surface area (TPSA) is 370 Å². The Bertz CT molecular complexity index is 5010. The minimum absolute atomic E-state index is 0.0403. The van der Waals surface area contributed by atoms with Gasteiger partial charge in [0, 0.05) is 67.6 Å². The van der Waals surface area contributed by atoms with Gasteiger partial charge in [-0.1, -0.05) is 268 Å². The minimum atomic E-state index is -1.73. The van der Waals surface area contributed by atoms with Crippen LogP contribution in [-0.2, 0) is 108 Å². The Morgan fingerprint density at radius 3 is 1.25 bits per heavy atom. The number of likely N-dealkylation sites (tertiary alicyclic amines) is 1. The highest BCUT2D eigenvalue weighted by Crippen LogP contribution is 2.42. The van der Waals surface area contributed by atoms with Crippen LogP contribution in [0.25, 0.3) is 0 Å². The third kappa shape index (κ3) is 31.0. The Morgan fingerprint density at radius 1 is 0.375 bits per heavy atom. The van der Waals surface area contributed by atoms with Gasteiger partial charge >= 0.3 is 12.1 Å². The number of esters is 1. The molecule has 1 heterocycles. The van der Waals surface area contributed by atoms with Gasteiger partial charge in [0.25, 0.3) is 0 Å². The van der Waals surface area contributed by atoms with Crippen molar-refractivity contribution in [2.75, 3.05) is 54.9 Å². The first-order chi connectivity index (χ1) is 64.5. The molecule has 0 aliphatic carbocycles. The van der Waals surface area contributed by atoms with Crippen molar-refractivity contribution in [1.82, 2.24) is 66.6 Å². The summed E-state index contributed by atoms with van der Waals surface area (Å²) in [5, 5.41) is 19.6. The molecule has 0 bridgehead atoms. The van der Waals surface area contributed by atoms with E-state index in [1.165, 1.54) is 61.8 Å². The minimum Gasteiger partial charge on any atom is -0.461 e. The number of alkyl carbamates (subject to hydrolysis) is 1. The van der Waals surface area contributed by atoms with Crippen LogP contribution in [0.5, 0.6) is 0 Å². The first kappa shape index (κ1) is 108. The second-order valence-electron chi connectivity index (χ2n) is 37.9.